The lowest BCUT2D eigenvalue weighted by atomic mass is 9.89. The van der Waals surface area contributed by atoms with Crippen molar-refractivity contribution in [3.05, 3.63) is 24.3 Å². The molecule has 1 aliphatic carbocycles. The van der Waals surface area contributed by atoms with Gasteiger partial charge in [0.25, 0.3) is 0 Å². The predicted molar refractivity (Wildman–Crippen MR) is 97.3 cm³/mol. The van der Waals surface area contributed by atoms with Gasteiger partial charge < -0.3 is 15.3 Å². The second-order valence-electron chi connectivity index (χ2n) is 7.09. The van der Waals surface area contributed by atoms with E-state index in [2.05, 4.69) is 0 Å². The van der Waals surface area contributed by atoms with Gasteiger partial charge in [-0.3, -0.25) is 4.79 Å². The first-order valence-corrected chi connectivity index (χ1v) is 9.56. The van der Waals surface area contributed by atoms with E-state index in [0.717, 1.165) is 6.42 Å². The van der Waals surface area contributed by atoms with E-state index in [-0.39, 0.29) is 19.3 Å². The van der Waals surface area contributed by atoms with Gasteiger partial charge in [-0.15, -0.1) is 0 Å². The highest BCUT2D eigenvalue weighted by Gasteiger charge is 2.40. The highest BCUT2D eigenvalue weighted by molar-refractivity contribution is 5.66. The number of carboxylic acids is 1. The van der Waals surface area contributed by atoms with Crippen LogP contribution in [0.25, 0.3) is 0 Å². The van der Waals surface area contributed by atoms with E-state index in [0.29, 0.717) is 25.7 Å². The Balaban J connectivity index is 2.54. The Bertz CT molecular complexity index is 467. The van der Waals surface area contributed by atoms with Gasteiger partial charge in [0.1, 0.15) is 18.4 Å². The van der Waals surface area contributed by atoms with E-state index in [1.165, 1.54) is 6.08 Å². The highest BCUT2D eigenvalue weighted by atomic mass is 19.1. The number of rotatable bonds is 12. The SMILES string of the molecule is CCCCC(F)[C@H](O)/C=C/[C@@H]1[C@@H](C/C=C\CCCC(=O)O)[C@@H](F)C[C@H]1O. The Hall–Kier alpha value is -1.27. The molecule has 150 valence electrons. The molecule has 1 saturated carbocycles. The summed E-state index contributed by atoms with van der Waals surface area (Å²) in [6.07, 6.45) is 5.49. The number of halogens is 2. The first-order valence-electron chi connectivity index (χ1n) is 9.56. The maximum absolute atomic E-state index is 14.2. The lowest BCUT2D eigenvalue weighted by molar-refractivity contribution is -0.137. The maximum Gasteiger partial charge on any atom is 0.303 e. The number of aliphatic hydroxyl groups excluding tert-OH is 2. The van der Waals surface area contributed by atoms with Crippen molar-refractivity contribution >= 4 is 5.97 Å². The van der Waals surface area contributed by atoms with E-state index < -0.39 is 42.4 Å². The fraction of sp³-hybridized carbons (Fsp3) is 0.750. The predicted octanol–water partition coefficient (Wildman–Crippen LogP) is 3.97. The summed E-state index contributed by atoms with van der Waals surface area (Å²) in [7, 11) is 0. The van der Waals surface area contributed by atoms with Gasteiger partial charge in [-0.1, -0.05) is 44.1 Å². The quantitative estimate of drug-likeness (QED) is 0.357. The van der Waals surface area contributed by atoms with Crippen molar-refractivity contribution in [2.45, 2.75) is 82.8 Å². The number of aliphatic carboxylic acids is 1. The van der Waals surface area contributed by atoms with Crippen molar-refractivity contribution in [1.29, 1.82) is 0 Å². The maximum atomic E-state index is 14.2. The van der Waals surface area contributed by atoms with E-state index in [9.17, 15) is 23.8 Å². The number of carbonyl (C=O) groups is 1. The number of carboxylic acid groups (broad SMARTS) is 1. The Morgan fingerprint density at radius 2 is 2.04 bits per heavy atom. The Morgan fingerprint density at radius 3 is 2.69 bits per heavy atom. The van der Waals surface area contributed by atoms with Gasteiger partial charge in [0, 0.05) is 24.7 Å². The number of hydrogen-bond acceptors (Lipinski definition) is 3. The molecule has 0 bridgehead atoms. The van der Waals surface area contributed by atoms with Crippen LogP contribution >= 0.6 is 0 Å². The molecule has 4 nitrogen and oxygen atoms in total. The fourth-order valence-electron chi connectivity index (χ4n) is 3.34. The van der Waals surface area contributed by atoms with Crippen LogP contribution in [0.3, 0.4) is 0 Å². The molecule has 0 aliphatic heterocycles. The van der Waals surface area contributed by atoms with Crippen LogP contribution < -0.4 is 0 Å². The fourth-order valence-corrected chi connectivity index (χ4v) is 3.34. The van der Waals surface area contributed by atoms with Crippen molar-refractivity contribution in [2.75, 3.05) is 0 Å². The smallest absolute Gasteiger partial charge is 0.303 e. The summed E-state index contributed by atoms with van der Waals surface area (Å²) in [4.78, 5) is 10.4. The summed E-state index contributed by atoms with van der Waals surface area (Å²) >= 11 is 0. The molecule has 6 heteroatoms. The molecule has 26 heavy (non-hydrogen) atoms. The van der Waals surface area contributed by atoms with Crippen LogP contribution in [0.2, 0.25) is 0 Å². The van der Waals surface area contributed by atoms with Crippen LogP contribution in [-0.4, -0.2) is 45.8 Å². The van der Waals surface area contributed by atoms with Gasteiger partial charge in [-0.25, -0.2) is 8.78 Å². The summed E-state index contributed by atoms with van der Waals surface area (Å²) in [6.45, 7) is 1.95. The van der Waals surface area contributed by atoms with Gasteiger partial charge >= 0.3 is 5.97 Å². The van der Waals surface area contributed by atoms with Crippen molar-refractivity contribution in [2.24, 2.45) is 11.8 Å². The van der Waals surface area contributed by atoms with Gasteiger partial charge in [0.15, 0.2) is 0 Å². The molecule has 0 amide bonds. The summed E-state index contributed by atoms with van der Waals surface area (Å²) in [6, 6.07) is 0. The standard InChI is InChI=1S/C20H32F2O4/c1-2-3-9-16(21)18(23)12-11-15-14(17(22)13-19(15)24)8-6-4-5-7-10-20(25)26/h4,6,11-12,14-19,23-24H,2-3,5,7-10,13H2,1H3,(H,25,26)/b6-4-,12-11+/t14-,15-,16?,17+,18-,19-/m1/s1. The molecule has 1 fully saturated rings. The van der Waals surface area contributed by atoms with Gasteiger partial charge in [-0.2, -0.15) is 0 Å². The first-order chi connectivity index (χ1) is 12.4. The largest absolute Gasteiger partial charge is 0.481 e. The molecule has 6 atom stereocenters. The molecule has 0 saturated heterocycles. The van der Waals surface area contributed by atoms with Gasteiger partial charge in [0.2, 0.25) is 0 Å². The number of hydrogen-bond donors (Lipinski definition) is 3. The zero-order valence-electron chi connectivity index (χ0n) is 15.4. The van der Waals surface area contributed by atoms with Crippen molar-refractivity contribution in [3.63, 3.8) is 0 Å². The van der Waals surface area contributed by atoms with Crippen LogP contribution in [0, 0.1) is 11.8 Å². The molecule has 1 aliphatic rings. The third-order valence-corrected chi connectivity index (χ3v) is 4.94. The molecule has 0 radical (unpaired) electrons. The molecular formula is C20H32F2O4. The molecule has 3 N–H and O–H groups in total. The van der Waals surface area contributed by atoms with Crippen LogP contribution in [0.5, 0.6) is 0 Å². The monoisotopic (exact) mass is 374 g/mol. The normalized spacial score (nSPS) is 28.8. The van der Waals surface area contributed by atoms with Gasteiger partial charge in [0.05, 0.1) is 6.10 Å². The topological polar surface area (TPSA) is 77.8 Å². The zero-order valence-corrected chi connectivity index (χ0v) is 15.4. The molecule has 1 unspecified atom stereocenters. The Morgan fingerprint density at radius 1 is 1.31 bits per heavy atom. The third-order valence-electron chi connectivity index (χ3n) is 4.94. The number of allylic oxidation sites excluding steroid dienone is 2. The lowest BCUT2D eigenvalue weighted by Gasteiger charge is -2.19. The Kier molecular flexibility index (Phi) is 10.7. The van der Waals surface area contributed by atoms with E-state index in [1.54, 1.807) is 6.08 Å². The minimum Gasteiger partial charge on any atom is -0.481 e. The average molecular weight is 374 g/mol. The van der Waals surface area contributed by atoms with E-state index in [4.69, 9.17) is 5.11 Å². The second-order valence-corrected chi connectivity index (χ2v) is 7.09. The van der Waals surface area contributed by atoms with Crippen LogP contribution in [0.4, 0.5) is 8.78 Å². The summed E-state index contributed by atoms with van der Waals surface area (Å²) in [5.74, 6) is -1.71. The molecule has 1 rings (SSSR count). The first kappa shape index (κ1) is 22.8. The molecule has 0 aromatic heterocycles. The van der Waals surface area contributed by atoms with Crippen molar-refractivity contribution in [1.82, 2.24) is 0 Å². The van der Waals surface area contributed by atoms with Crippen molar-refractivity contribution in [3.8, 4) is 0 Å². The van der Waals surface area contributed by atoms with Gasteiger partial charge in [-0.05, 0) is 25.7 Å². The zero-order chi connectivity index (χ0) is 19.5. The molecule has 0 spiro atoms. The van der Waals surface area contributed by atoms with Crippen molar-refractivity contribution < 1.29 is 28.9 Å². The summed E-state index contributed by atoms with van der Waals surface area (Å²) in [5.41, 5.74) is 0. The molecular weight excluding hydrogens is 342 g/mol. The van der Waals surface area contributed by atoms with Crippen LogP contribution in [0.15, 0.2) is 24.3 Å². The minimum atomic E-state index is -1.35. The molecule has 0 aromatic rings. The average Bonchev–Trinajstić information content (AvgIpc) is 2.86. The lowest BCUT2D eigenvalue weighted by Crippen LogP contribution is -2.22. The summed E-state index contributed by atoms with van der Waals surface area (Å²) < 4.78 is 28.0. The van der Waals surface area contributed by atoms with E-state index in [1.807, 2.05) is 19.1 Å². The minimum absolute atomic E-state index is 0.0392. The van der Waals surface area contributed by atoms with E-state index >= 15 is 0 Å². The highest BCUT2D eigenvalue weighted by Crippen LogP contribution is 2.38. The molecule has 0 heterocycles. The third kappa shape index (κ3) is 7.96. The Labute approximate surface area is 154 Å². The van der Waals surface area contributed by atoms with Crippen LogP contribution in [-0.2, 0) is 4.79 Å². The van der Waals surface area contributed by atoms with Crippen LogP contribution in [0.1, 0.15) is 58.3 Å². The number of alkyl halides is 2. The molecule has 0 aromatic carbocycles. The second kappa shape index (κ2) is 12.2. The number of aliphatic hydroxyl groups is 2. The number of unbranched alkanes of at least 4 members (excludes halogenated alkanes) is 2. The summed E-state index contributed by atoms with van der Waals surface area (Å²) in [5, 5.41) is 28.5.